The van der Waals surface area contributed by atoms with Crippen LogP contribution in [0.3, 0.4) is 0 Å². The van der Waals surface area contributed by atoms with Crippen LogP contribution >= 0.6 is 0 Å². The first-order valence-corrected chi connectivity index (χ1v) is 9.64. The van der Waals surface area contributed by atoms with Crippen molar-refractivity contribution in [2.45, 2.75) is 25.0 Å². The summed E-state index contributed by atoms with van der Waals surface area (Å²) in [5, 5.41) is 8.57. The van der Waals surface area contributed by atoms with Crippen molar-refractivity contribution in [2.24, 2.45) is 0 Å². The van der Waals surface area contributed by atoms with Gasteiger partial charge in [0, 0.05) is 12.5 Å². The highest BCUT2D eigenvalue weighted by atomic mass is 16.5. The van der Waals surface area contributed by atoms with Crippen LogP contribution in [0.5, 0.6) is 0 Å². The molecule has 0 radical (unpaired) electrons. The van der Waals surface area contributed by atoms with Crippen molar-refractivity contribution in [1.82, 2.24) is 5.32 Å². The fourth-order valence-electron chi connectivity index (χ4n) is 4.33. The second-order valence-electron chi connectivity index (χ2n) is 7.30. The summed E-state index contributed by atoms with van der Waals surface area (Å²) >= 11 is 0. The molecular weight excluding hydrogens is 334 g/mol. The molecule has 0 bridgehead atoms. The van der Waals surface area contributed by atoms with Gasteiger partial charge in [0.25, 0.3) is 0 Å². The van der Waals surface area contributed by atoms with Gasteiger partial charge in [-0.3, -0.25) is 0 Å². The van der Waals surface area contributed by atoms with E-state index >= 15 is 0 Å². The van der Waals surface area contributed by atoms with E-state index in [1.165, 1.54) is 32.7 Å². The second kappa shape index (κ2) is 7.18. The molecule has 2 atom stereocenters. The summed E-state index contributed by atoms with van der Waals surface area (Å²) < 4.78 is 11.8. The number of ether oxygens (including phenoxy) is 1. The van der Waals surface area contributed by atoms with Gasteiger partial charge in [-0.15, -0.1) is 0 Å². The van der Waals surface area contributed by atoms with Crippen LogP contribution in [0.4, 0.5) is 0 Å². The van der Waals surface area contributed by atoms with Crippen LogP contribution in [-0.4, -0.2) is 19.2 Å². The molecule has 1 aliphatic rings. The largest absolute Gasteiger partial charge is 0.472 e. The van der Waals surface area contributed by atoms with Crippen LogP contribution in [0.2, 0.25) is 0 Å². The molecule has 0 spiro atoms. The van der Waals surface area contributed by atoms with Gasteiger partial charge in [0.1, 0.15) is 0 Å². The maximum Gasteiger partial charge on any atom is 0.0938 e. The van der Waals surface area contributed by atoms with Crippen molar-refractivity contribution < 1.29 is 9.15 Å². The molecule has 0 aliphatic carbocycles. The van der Waals surface area contributed by atoms with E-state index < -0.39 is 0 Å². The summed E-state index contributed by atoms with van der Waals surface area (Å²) in [5.74, 6) is 0.381. The predicted octanol–water partition coefficient (Wildman–Crippen LogP) is 5.25. The SMILES string of the molecule is c1ccc2c(COC3CNCCC3c3ccoc3)c3ccccc3cc2c1. The average Bonchev–Trinajstić information content (AvgIpc) is 3.26. The molecule has 2 heterocycles. The number of fused-ring (bicyclic) bond motifs is 2. The van der Waals surface area contributed by atoms with Crippen molar-refractivity contribution in [3.63, 3.8) is 0 Å². The smallest absolute Gasteiger partial charge is 0.0938 e. The molecule has 3 heteroatoms. The van der Waals surface area contributed by atoms with Gasteiger partial charge in [-0.2, -0.15) is 0 Å². The van der Waals surface area contributed by atoms with Gasteiger partial charge in [0.2, 0.25) is 0 Å². The molecule has 1 fully saturated rings. The van der Waals surface area contributed by atoms with Gasteiger partial charge in [0.15, 0.2) is 0 Å². The van der Waals surface area contributed by atoms with E-state index in [2.05, 4.69) is 66.0 Å². The molecule has 136 valence electrons. The fourth-order valence-corrected chi connectivity index (χ4v) is 4.33. The van der Waals surface area contributed by atoms with Crippen molar-refractivity contribution >= 4 is 21.5 Å². The average molecular weight is 357 g/mol. The van der Waals surface area contributed by atoms with E-state index in [4.69, 9.17) is 9.15 Å². The minimum atomic E-state index is 0.147. The van der Waals surface area contributed by atoms with Gasteiger partial charge in [0.05, 0.1) is 25.2 Å². The lowest BCUT2D eigenvalue weighted by molar-refractivity contribution is 0.0115. The molecule has 3 aromatic carbocycles. The monoisotopic (exact) mass is 357 g/mol. The number of hydrogen-bond acceptors (Lipinski definition) is 3. The molecule has 1 aliphatic heterocycles. The van der Waals surface area contributed by atoms with E-state index in [0.717, 1.165) is 19.5 Å². The van der Waals surface area contributed by atoms with Crippen LogP contribution in [0, 0.1) is 0 Å². The number of piperidine rings is 1. The van der Waals surface area contributed by atoms with Crippen LogP contribution in [0.15, 0.2) is 77.6 Å². The lowest BCUT2D eigenvalue weighted by Crippen LogP contribution is -2.40. The normalized spacial score (nSPS) is 20.3. The maximum absolute atomic E-state index is 6.52. The van der Waals surface area contributed by atoms with Crippen molar-refractivity contribution in [1.29, 1.82) is 0 Å². The number of rotatable bonds is 4. The number of furan rings is 1. The third kappa shape index (κ3) is 3.14. The molecule has 3 nitrogen and oxygen atoms in total. The van der Waals surface area contributed by atoms with Crippen molar-refractivity contribution in [3.8, 4) is 0 Å². The lowest BCUT2D eigenvalue weighted by atomic mass is 9.89. The zero-order valence-electron chi connectivity index (χ0n) is 15.2. The van der Waals surface area contributed by atoms with E-state index in [-0.39, 0.29) is 6.10 Å². The van der Waals surface area contributed by atoms with Gasteiger partial charge < -0.3 is 14.5 Å². The third-order valence-electron chi connectivity index (χ3n) is 5.72. The molecule has 1 saturated heterocycles. The second-order valence-corrected chi connectivity index (χ2v) is 7.30. The van der Waals surface area contributed by atoms with E-state index in [0.29, 0.717) is 12.5 Å². The van der Waals surface area contributed by atoms with Gasteiger partial charge in [-0.25, -0.2) is 0 Å². The molecule has 0 amide bonds. The number of hydrogen-bond donors (Lipinski definition) is 1. The Hall–Kier alpha value is -2.62. The first-order chi connectivity index (χ1) is 13.4. The molecule has 2 unspecified atom stereocenters. The predicted molar refractivity (Wildman–Crippen MR) is 109 cm³/mol. The summed E-state index contributed by atoms with van der Waals surface area (Å²) in [6.45, 7) is 2.51. The molecule has 0 saturated carbocycles. The first-order valence-electron chi connectivity index (χ1n) is 9.64. The highest BCUT2D eigenvalue weighted by Gasteiger charge is 2.28. The summed E-state index contributed by atoms with van der Waals surface area (Å²) in [4.78, 5) is 0. The third-order valence-corrected chi connectivity index (χ3v) is 5.72. The summed E-state index contributed by atoms with van der Waals surface area (Å²) in [6, 6.07) is 21.5. The van der Waals surface area contributed by atoms with Gasteiger partial charge in [-0.05, 0) is 57.8 Å². The fraction of sp³-hybridized carbons (Fsp3) is 0.250. The number of benzene rings is 3. The van der Waals surface area contributed by atoms with Gasteiger partial charge in [-0.1, -0.05) is 48.5 Å². The van der Waals surface area contributed by atoms with Crippen LogP contribution < -0.4 is 5.32 Å². The molecule has 1 aromatic heterocycles. The topological polar surface area (TPSA) is 34.4 Å². The van der Waals surface area contributed by atoms with Crippen molar-refractivity contribution in [2.75, 3.05) is 13.1 Å². The van der Waals surface area contributed by atoms with E-state index in [9.17, 15) is 0 Å². The zero-order valence-corrected chi connectivity index (χ0v) is 15.2. The minimum Gasteiger partial charge on any atom is -0.472 e. The molecular formula is C24H23NO2. The summed E-state index contributed by atoms with van der Waals surface area (Å²) in [6.07, 6.45) is 4.83. The Morgan fingerprint density at radius 2 is 1.70 bits per heavy atom. The van der Waals surface area contributed by atoms with Gasteiger partial charge >= 0.3 is 0 Å². The summed E-state index contributed by atoms with van der Waals surface area (Å²) in [5.41, 5.74) is 2.52. The van der Waals surface area contributed by atoms with Crippen LogP contribution in [0.25, 0.3) is 21.5 Å². The molecule has 1 N–H and O–H groups in total. The molecule has 4 aromatic rings. The summed E-state index contributed by atoms with van der Waals surface area (Å²) in [7, 11) is 0. The lowest BCUT2D eigenvalue weighted by Gasteiger charge is -2.32. The Kier molecular flexibility index (Phi) is 4.40. The Balaban J connectivity index is 1.50. The first kappa shape index (κ1) is 16.5. The zero-order chi connectivity index (χ0) is 18.1. The Morgan fingerprint density at radius 1 is 0.963 bits per heavy atom. The Bertz CT molecular complexity index is 1000. The minimum absolute atomic E-state index is 0.147. The molecule has 5 rings (SSSR count). The highest BCUT2D eigenvalue weighted by molar-refractivity contribution is 6.02. The maximum atomic E-state index is 6.52. The quantitative estimate of drug-likeness (QED) is 0.507. The highest BCUT2D eigenvalue weighted by Crippen LogP contribution is 2.32. The molecule has 27 heavy (non-hydrogen) atoms. The van der Waals surface area contributed by atoms with Crippen LogP contribution in [-0.2, 0) is 11.3 Å². The van der Waals surface area contributed by atoms with E-state index in [1.807, 2.05) is 6.26 Å². The van der Waals surface area contributed by atoms with Crippen LogP contribution in [0.1, 0.15) is 23.5 Å². The standard InChI is InChI=1S/C24H23NO2/c1-3-7-20-17(5-1)13-18-6-2-4-8-21(18)23(20)16-27-24-14-25-11-9-22(24)19-10-12-26-15-19/h1-8,10,12-13,15,22,24-25H,9,11,14,16H2. The Morgan fingerprint density at radius 3 is 2.41 bits per heavy atom. The Labute approximate surface area is 158 Å². The number of nitrogens with one attached hydrogen (secondary N) is 1. The van der Waals surface area contributed by atoms with E-state index in [1.54, 1.807) is 6.26 Å². The van der Waals surface area contributed by atoms with Crippen molar-refractivity contribution in [3.05, 3.63) is 84.3 Å².